The smallest absolute Gasteiger partial charge is 0.282 e. The van der Waals surface area contributed by atoms with Crippen molar-refractivity contribution in [2.24, 2.45) is 0 Å². The minimum absolute atomic E-state index is 0.0151. The van der Waals surface area contributed by atoms with Crippen LogP contribution < -0.4 is 15.0 Å². The highest BCUT2D eigenvalue weighted by atomic mass is 19.2. The van der Waals surface area contributed by atoms with Crippen LogP contribution in [0.15, 0.2) is 72.4 Å². The maximum atomic E-state index is 13.7. The molecule has 4 rings (SSSR count). The minimum Gasteiger partial charge on any atom is -0.494 e. The van der Waals surface area contributed by atoms with Crippen LogP contribution in [0.5, 0.6) is 5.75 Å². The molecular weight excluding hydrogens is 414 g/mol. The monoisotopic (exact) mass is 434 g/mol. The molecule has 0 saturated heterocycles. The summed E-state index contributed by atoms with van der Waals surface area (Å²) in [6.07, 6.45) is 0. The van der Waals surface area contributed by atoms with E-state index >= 15 is 0 Å². The van der Waals surface area contributed by atoms with E-state index in [9.17, 15) is 18.4 Å². The molecule has 1 aliphatic rings. The molecule has 3 aromatic carbocycles. The summed E-state index contributed by atoms with van der Waals surface area (Å²) in [4.78, 5) is 27.7. The van der Waals surface area contributed by atoms with E-state index in [2.05, 4.69) is 5.32 Å². The summed E-state index contributed by atoms with van der Waals surface area (Å²) in [5.74, 6) is -2.57. The van der Waals surface area contributed by atoms with Gasteiger partial charge in [-0.25, -0.2) is 13.7 Å². The number of rotatable bonds is 6. The van der Waals surface area contributed by atoms with Gasteiger partial charge in [0.25, 0.3) is 11.8 Å². The maximum Gasteiger partial charge on any atom is 0.282 e. The van der Waals surface area contributed by atoms with Crippen molar-refractivity contribution in [3.8, 4) is 5.75 Å². The quantitative estimate of drug-likeness (QED) is 0.551. The van der Waals surface area contributed by atoms with Gasteiger partial charge in [0.2, 0.25) is 0 Å². The normalized spacial score (nSPS) is 13.7. The number of nitrogens with zero attached hydrogens (tertiary/aromatic N) is 1. The minimum atomic E-state index is -1.06. The second-order valence-electron chi connectivity index (χ2n) is 7.24. The highest BCUT2D eigenvalue weighted by molar-refractivity contribution is 6.46. The Balaban J connectivity index is 1.77. The summed E-state index contributed by atoms with van der Waals surface area (Å²) in [6.45, 7) is 4.25. The molecule has 0 fully saturated rings. The lowest BCUT2D eigenvalue weighted by Gasteiger charge is -2.16. The molecule has 1 heterocycles. The van der Waals surface area contributed by atoms with Crippen LogP contribution in [0.25, 0.3) is 5.57 Å². The van der Waals surface area contributed by atoms with Crippen LogP contribution in [0.1, 0.15) is 18.1 Å². The number of carbonyl (C=O) groups excluding carboxylic acids is 2. The molecule has 0 saturated carbocycles. The Morgan fingerprint density at radius 3 is 2.19 bits per heavy atom. The highest BCUT2D eigenvalue weighted by Crippen LogP contribution is 2.34. The van der Waals surface area contributed by atoms with Gasteiger partial charge in [-0.15, -0.1) is 0 Å². The van der Waals surface area contributed by atoms with Gasteiger partial charge in [-0.3, -0.25) is 9.59 Å². The zero-order valence-electron chi connectivity index (χ0n) is 17.5. The second kappa shape index (κ2) is 8.63. The molecule has 3 aromatic rings. The van der Waals surface area contributed by atoms with Crippen LogP contribution in [0.2, 0.25) is 0 Å². The Labute approximate surface area is 183 Å². The van der Waals surface area contributed by atoms with Crippen molar-refractivity contribution in [1.82, 2.24) is 0 Å². The predicted molar refractivity (Wildman–Crippen MR) is 118 cm³/mol. The van der Waals surface area contributed by atoms with Crippen LogP contribution >= 0.6 is 0 Å². The van der Waals surface area contributed by atoms with Crippen molar-refractivity contribution in [1.29, 1.82) is 0 Å². The van der Waals surface area contributed by atoms with Crippen LogP contribution in [-0.4, -0.2) is 18.4 Å². The SMILES string of the molecule is CCOc1ccc(N2C(=O)C(Nc3ccc(F)c(F)c3)=C(c3ccc(C)cc3)C2=O)cc1. The molecule has 7 heteroatoms. The van der Waals surface area contributed by atoms with Crippen LogP contribution in [0, 0.1) is 18.6 Å². The number of ether oxygens (including phenoxy) is 1. The first-order valence-electron chi connectivity index (χ1n) is 10.0. The molecule has 1 aliphatic heterocycles. The number of benzene rings is 3. The van der Waals surface area contributed by atoms with Gasteiger partial charge in [0.15, 0.2) is 11.6 Å². The van der Waals surface area contributed by atoms with E-state index in [0.29, 0.717) is 23.6 Å². The summed E-state index contributed by atoms with van der Waals surface area (Å²) in [5.41, 5.74) is 2.18. The second-order valence-corrected chi connectivity index (χ2v) is 7.24. The molecule has 0 atom stereocenters. The molecule has 0 bridgehead atoms. The van der Waals surface area contributed by atoms with Gasteiger partial charge < -0.3 is 10.1 Å². The van der Waals surface area contributed by atoms with Gasteiger partial charge in [-0.2, -0.15) is 0 Å². The number of anilines is 2. The van der Waals surface area contributed by atoms with Crippen molar-refractivity contribution in [3.05, 3.63) is 95.2 Å². The molecule has 2 amide bonds. The number of aryl methyl sites for hydroxylation is 1. The number of hydrogen-bond acceptors (Lipinski definition) is 4. The number of nitrogens with one attached hydrogen (secondary N) is 1. The third kappa shape index (κ3) is 3.97. The first-order valence-corrected chi connectivity index (χ1v) is 10.0. The fourth-order valence-corrected chi connectivity index (χ4v) is 3.44. The number of carbonyl (C=O) groups is 2. The van der Waals surface area contributed by atoms with Crippen LogP contribution in [0.3, 0.4) is 0 Å². The first kappa shape index (κ1) is 21.2. The van der Waals surface area contributed by atoms with Crippen LogP contribution in [0.4, 0.5) is 20.2 Å². The van der Waals surface area contributed by atoms with Crippen molar-refractivity contribution in [3.63, 3.8) is 0 Å². The molecule has 1 N–H and O–H groups in total. The van der Waals surface area contributed by atoms with E-state index in [1.54, 1.807) is 36.4 Å². The van der Waals surface area contributed by atoms with Gasteiger partial charge in [-0.1, -0.05) is 29.8 Å². The Kier molecular flexibility index (Phi) is 5.73. The van der Waals surface area contributed by atoms with E-state index < -0.39 is 23.4 Å². The van der Waals surface area contributed by atoms with E-state index in [4.69, 9.17) is 4.74 Å². The number of hydrogen-bond donors (Lipinski definition) is 1. The Morgan fingerprint density at radius 2 is 1.56 bits per heavy atom. The molecule has 0 aromatic heterocycles. The molecule has 32 heavy (non-hydrogen) atoms. The van der Waals surface area contributed by atoms with E-state index in [1.165, 1.54) is 6.07 Å². The fraction of sp³-hybridized carbons (Fsp3) is 0.120. The van der Waals surface area contributed by atoms with Crippen molar-refractivity contribution >= 4 is 28.8 Å². The standard InChI is InChI=1S/C25H20F2N2O3/c1-3-32-19-11-9-18(10-12-19)29-24(30)22(16-6-4-15(2)5-7-16)23(25(29)31)28-17-8-13-20(26)21(27)14-17/h4-14,28H,3H2,1-2H3. The third-order valence-corrected chi connectivity index (χ3v) is 5.02. The fourth-order valence-electron chi connectivity index (χ4n) is 3.44. The third-order valence-electron chi connectivity index (χ3n) is 5.02. The van der Waals surface area contributed by atoms with Crippen molar-refractivity contribution in [2.45, 2.75) is 13.8 Å². The number of imide groups is 1. The van der Waals surface area contributed by atoms with E-state index in [0.717, 1.165) is 22.6 Å². The van der Waals surface area contributed by atoms with Gasteiger partial charge in [0.1, 0.15) is 11.4 Å². The molecule has 0 unspecified atom stereocenters. The molecule has 0 radical (unpaired) electrons. The van der Waals surface area contributed by atoms with Gasteiger partial charge in [0, 0.05) is 11.8 Å². The van der Waals surface area contributed by atoms with E-state index in [-0.39, 0.29) is 17.0 Å². The predicted octanol–water partition coefficient (Wildman–Crippen LogP) is 5.07. The largest absolute Gasteiger partial charge is 0.494 e. The Morgan fingerprint density at radius 1 is 0.875 bits per heavy atom. The molecule has 162 valence electrons. The summed E-state index contributed by atoms with van der Waals surface area (Å²) >= 11 is 0. The highest BCUT2D eigenvalue weighted by Gasteiger charge is 2.40. The van der Waals surface area contributed by atoms with Crippen molar-refractivity contribution in [2.75, 3.05) is 16.8 Å². The average molecular weight is 434 g/mol. The topological polar surface area (TPSA) is 58.6 Å². The Hall–Kier alpha value is -4.00. The zero-order valence-corrected chi connectivity index (χ0v) is 17.5. The molecule has 5 nitrogen and oxygen atoms in total. The van der Waals surface area contributed by atoms with Crippen molar-refractivity contribution < 1.29 is 23.1 Å². The maximum absolute atomic E-state index is 13.7. The van der Waals surface area contributed by atoms with Crippen LogP contribution in [-0.2, 0) is 9.59 Å². The lowest BCUT2D eigenvalue weighted by molar-refractivity contribution is -0.120. The first-order chi connectivity index (χ1) is 15.4. The lowest BCUT2D eigenvalue weighted by Crippen LogP contribution is -2.32. The Bertz CT molecular complexity index is 1220. The summed E-state index contributed by atoms with van der Waals surface area (Å²) in [5, 5.41) is 2.82. The number of halogens is 2. The van der Waals surface area contributed by atoms with Gasteiger partial charge in [0.05, 0.1) is 17.9 Å². The summed E-state index contributed by atoms with van der Waals surface area (Å²) in [6, 6.07) is 16.9. The molecular formula is C25H20F2N2O3. The molecule has 0 spiro atoms. The zero-order chi connectivity index (χ0) is 22.8. The lowest BCUT2D eigenvalue weighted by atomic mass is 10.0. The summed E-state index contributed by atoms with van der Waals surface area (Å²) in [7, 11) is 0. The van der Waals surface area contributed by atoms with Gasteiger partial charge >= 0.3 is 0 Å². The molecule has 0 aliphatic carbocycles. The number of amides is 2. The van der Waals surface area contributed by atoms with Gasteiger partial charge in [-0.05, 0) is 55.8 Å². The summed E-state index contributed by atoms with van der Waals surface area (Å²) < 4.78 is 32.5. The average Bonchev–Trinajstić information content (AvgIpc) is 3.02. The van der Waals surface area contributed by atoms with E-state index in [1.807, 2.05) is 26.0 Å².